The van der Waals surface area contributed by atoms with Gasteiger partial charge in [0.2, 0.25) is 0 Å². The lowest BCUT2D eigenvalue weighted by molar-refractivity contribution is 0.268. The second kappa shape index (κ2) is 5.75. The summed E-state index contributed by atoms with van der Waals surface area (Å²) in [4.78, 5) is 16.2. The molecule has 0 aliphatic heterocycles. The van der Waals surface area contributed by atoms with Crippen molar-refractivity contribution in [3.05, 3.63) is 46.5 Å². The molecule has 5 heteroatoms. The number of fused-ring (bicyclic) bond motifs is 1. The number of hydrogen-bond acceptors (Lipinski definition) is 4. The van der Waals surface area contributed by atoms with Gasteiger partial charge in [0, 0.05) is 31.5 Å². The fraction of sp³-hybridized carbons (Fsp3) is 0.385. The second-order valence-corrected chi connectivity index (χ2v) is 4.31. The maximum atomic E-state index is 11.8. The van der Waals surface area contributed by atoms with Crippen LogP contribution in [0.5, 0.6) is 0 Å². The molecule has 2 heterocycles. The van der Waals surface area contributed by atoms with E-state index in [0.717, 1.165) is 5.69 Å². The molecule has 1 unspecified atom stereocenters. The Morgan fingerprint density at radius 3 is 3.11 bits per heavy atom. The number of aliphatic hydroxyl groups is 1. The lowest BCUT2D eigenvalue weighted by Gasteiger charge is -2.11. The molecule has 2 N–H and O–H groups in total. The van der Waals surface area contributed by atoms with Gasteiger partial charge in [0.15, 0.2) is 0 Å². The summed E-state index contributed by atoms with van der Waals surface area (Å²) in [6.07, 6.45) is 2.39. The number of nitrogens with zero attached hydrogens (tertiary/aromatic N) is 2. The molecule has 0 aromatic carbocycles. The summed E-state index contributed by atoms with van der Waals surface area (Å²) in [5.41, 5.74) is 1.29. The number of nitrogens with one attached hydrogen (secondary N) is 1. The second-order valence-electron chi connectivity index (χ2n) is 4.31. The summed E-state index contributed by atoms with van der Waals surface area (Å²) in [6, 6.07) is 7.20. The molecule has 0 spiro atoms. The lowest BCUT2D eigenvalue weighted by atomic mass is 10.2. The number of hydrogen-bond donors (Lipinski definition) is 2. The molecule has 2 aromatic rings. The third-order valence-electron chi connectivity index (χ3n) is 2.82. The molecule has 1 atom stereocenters. The van der Waals surface area contributed by atoms with Crippen molar-refractivity contribution in [1.29, 1.82) is 0 Å². The van der Waals surface area contributed by atoms with Gasteiger partial charge in [-0.2, -0.15) is 0 Å². The molecule has 0 aliphatic carbocycles. The molecule has 18 heavy (non-hydrogen) atoms. The van der Waals surface area contributed by atoms with Crippen molar-refractivity contribution in [2.24, 2.45) is 0 Å². The van der Waals surface area contributed by atoms with E-state index in [0.29, 0.717) is 18.6 Å². The predicted molar refractivity (Wildman–Crippen MR) is 69.5 cm³/mol. The van der Waals surface area contributed by atoms with Gasteiger partial charge >= 0.3 is 0 Å². The zero-order valence-corrected chi connectivity index (χ0v) is 10.3. The van der Waals surface area contributed by atoms with E-state index in [1.165, 1.54) is 10.5 Å². The van der Waals surface area contributed by atoms with Crippen molar-refractivity contribution in [3.8, 4) is 0 Å². The molecule has 0 saturated heterocycles. The number of pyridine rings is 1. The molecule has 0 aliphatic rings. The first-order valence-corrected chi connectivity index (χ1v) is 6.02. The van der Waals surface area contributed by atoms with Gasteiger partial charge in [0.1, 0.15) is 5.65 Å². The molecular weight excluding hydrogens is 230 g/mol. The minimum Gasteiger partial charge on any atom is -0.396 e. The van der Waals surface area contributed by atoms with Gasteiger partial charge in [-0.1, -0.05) is 6.07 Å². The van der Waals surface area contributed by atoms with Crippen molar-refractivity contribution < 1.29 is 5.11 Å². The van der Waals surface area contributed by atoms with E-state index < -0.39 is 0 Å². The highest BCUT2D eigenvalue weighted by Crippen LogP contribution is 1.99. The van der Waals surface area contributed by atoms with Crippen LogP contribution in [0.2, 0.25) is 0 Å². The van der Waals surface area contributed by atoms with Crippen LogP contribution >= 0.6 is 0 Å². The van der Waals surface area contributed by atoms with Crippen LogP contribution in [0.15, 0.2) is 35.3 Å². The minimum atomic E-state index is -0.0767. The Balaban J connectivity index is 2.17. The molecular formula is C13H17N3O2. The molecule has 0 bridgehead atoms. The van der Waals surface area contributed by atoms with Gasteiger partial charge in [-0.25, -0.2) is 4.98 Å². The topological polar surface area (TPSA) is 66.6 Å². The van der Waals surface area contributed by atoms with E-state index in [1.54, 1.807) is 12.3 Å². The third-order valence-corrected chi connectivity index (χ3v) is 2.82. The fourth-order valence-electron chi connectivity index (χ4n) is 1.77. The van der Waals surface area contributed by atoms with Crippen molar-refractivity contribution >= 4 is 5.65 Å². The minimum absolute atomic E-state index is 0.0767. The maximum Gasteiger partial charge on any atom is 0.258 e. The Hall–Kier alpha value is -1.72. The molecule has 2 rings (SSSR count). The fourth-order valence-corrected chi connectivity index (χ4v) is 1.77. The van der Waals surface area contributed by atoms with Crippen molar-refractivity contribution in [2.45, 2.75) is 25.9 Å². The van der Waals surface area contributed by atoms with Gasteiger partial charge in [0.25, 0.3) is 5.56 Å². The number of aliphatic hydroxyl groups excluding tert-OH is 1. The normalized spacial score (nSPS) is 12.8. The summed E-state index contributed by atoms with van der Waals surface area (Å²) in [7, 11) is 0. The van der Waals surface area contributed by atoms with Crippen LogP contribution in [0.1, 0.15) is 19.0 Å². The first-order valence-electron chi connectivity index (χ1n) is 6.02. The van der Waals surface area contributed by atoms with Crippen molar-refractivity contribution in [2.75, 3.05) is 6.61 Å². The van der Waals surface area contributed by atoms with E-state index in [9.17, 15) is 4.79 Å². The van der Waals surface area contributed by atoms with Gasteiger partial charge in [-0.15, -0.1) is 0 Å². The number of aromatic nitrogens is 2. The molecule has 0 radical (unpaired) electrons. The molecule has 0 fully saturated rings. The summed E-state index contributed by atoms with van der Waals surface area (Å²) in [5.74, 6) is 0. The Bertz CT molecular complexity index is 580. The summed E-state index contributed by atoms with van der Waals surface area (Å²) in [5, 5.41) is 12.0. The Labute approximate surface area is 105 Å². The van der Waals surface area contributed by atoms with E-state index in [-0.39, 0.29) is 18.2 Å². The van der Waals surface area contributed by atoms with Crippen LogP contribution < -0.4 is 10.9 Å². The average molecular weight is 247 g/mol. The smallest absolute Gasteiger partial charge is 0.258 e. The molecule has 0 amide bonds. The predicted octanol–water partition coefficient (Wildman–Crippen LogP) is 0.555. The zero-order chi connectivity index (χ0) is 13.0. The first-order chi connectivity index (χ1) is 8.70. The highest BCUT2D eigenvalue weighted by molar-refractivity contribution is 5.37. The standard InChI is InChI=1S/C13H17N3O2/c1-10(5-7-17)14-9-11-8-13(18)16-6-3-2-4-12(16)15-11/h2-4,6,8,10,14,17H,5,7,9H2,1H3. The van der Waals surface area contributed by atoms with Gasteiger partial charge in [-0.05, 0) is 25.5 Å². The zero-order valence-electron chi connectivity index (χ0n) is 10.3. The van der Waals surface area contributed by atoms with Crippen LogP contribution in [0, 0.1) is 0 Å². The van der Waals surface area contributed by atoms with E-state index in [2.05, 4.69) is 10.3 Å². The van der Waals surface area contributed by atoms with Crippen LogP contribution in [0.25, 0.3) is 5.65 Å². The van der Waals surface area contributed by atoms with Gasteiger partial charge < -0.3 is 10.4 Å². The van der Waals surface area contributed by atoms with Crippen LogP contribution in [-0.4, -0.2) is 27.1 Å². The first kappa shape index (κ1) is 12.7. The Morgan fingerprint density at radius 2 is 2.33 bits per heavy atom. The quantitative estimate of drug-likeness (QED) is 0.810. The average Bonchev–Trinajstić information content (AvgIpc) is 2.37. The summed E-state index contributed by atoms with van der Waals surface area (Å²) < 4.78 is 1.51. The monoisotopic (exact) mass is 247 g/mol. The van der Waals surface area contributed by atoms with Crippen LogP contribution in [-0.2, 0) is 6.54 Å². The van der Waals surface area contributed by atoms with Crippen molar-refractivity contribution in [3.63, 3.8) is 0 Å². The van der Waals surface area contributed by atoms with Gasteiger partial charge in [-0.3, -0.25) is 9.20 Å². The highest BCUT2D eigenvalue weighted by Gasteiger charge is 2.04. The highest BCUT2D eigenvalue weighted by atomic mass is 16.3. The van der Waals surface area contributed by atoms with Crippen molar-refractivity contribution in [1.82, 2.24) is 14.7 Å². The summed E-state index contributed by atoms with van der Waals surface area (Å²) in [6.45, 7) is 2.67. The molecule has 5 nitrogen and oxygen atoms in total. The number of rotatable bonds is 5. The lowest BCUT2D eigenvalue weighted by Crippen LogP contribution is -2.28. The maximum absolute atomic E-state index is 11.8. The van der Waals surface area contributed by atoms with Crippen LogP contribution in [0.4, 0.5) is 0 Å². The Kier molecular flexibility index (Phi) is 4.07. The van der Waals surface area contributed by atoms with Crippen LogP contribution in [0.3, 0.4) is 0 Å². The van der Waals surface area contributed by atoms with E-state index in [4.69, 9.17) is 5.11 Å². The molecule has 96 valence electrons. The Morgan fingerprint density at radius 1 is 1.50 bits per heavy atom. The molecule has 2 aromatic heterocycles. The largest absolute Gasteiger partial charge is 0.396 e. The third kappa shape index (κ3) is 2.94. The van der Waals surface area contributed by atoms with E-state index >= 15 is 0 Å². The molecule has 0 saturated carbocycles. The summed E-state index contributed by atoms with van der Waals surface area (Å²) >= 11 is 0. The SMILES string of the molecule is CC(CCO)NCc1cc(=O)n2ccccc2n1. The van der Waals surface area contributed by atoms with E-state index in [1.807, 2.05) is 19.1 Å². The van der Waals surface area contributed by atoms with Gasteiger partial charge in [0.05, 0.1) is 5.69 Å².